The Hall–Kier alpha value is -2.34. The minimum atomic E-state index is -3.59. The summed E-state index contributed by atoms with van der Waals surface area (Å²) in [4.78, 5) is 12.6. The molecule has 1 N–H and O–H groups in total. The summed E-state index contributed by atoms with van der Waals surface area (Å²) in [7, 11) is -3.59. The van der Waals surface area contributed by atoms with E-state index in [1.807, 2.05) is 63.2 Å². The molecule has 0 aliphatic carbocycles. The van der Waals surface area contributed by atoms with Gasteiger partial charge in [0.05, 0.1) is 18.0 Å². The number of nitrogens with one attached hydrogen (secondary N) is 1. The molecule has 27 heavy (non-hydrogen) atoms. The summed E-state index contributed by atoms with van der Waals surface area (Å²) in [6.07, 6.45) is 2.08. The van der Waals surface area contributed by atoms with Crippen LogP contribution in [0.3, 0.4) is 0 Å². The molecule has 0 saturated heterocycles. The van der Waals surface area contributed by atoms with Crippen molar-refractivity contribution in [3.8, 4) is 0 Å². The molecule has 2 aromatic rings. The van der Waals surface area contributed by atoms with Crippen LogP contribution in [-0.2, 0) is 21.2 Å². The van der Waals surface area contributed by atoms with E-state index >= 15 is 0 Å². The first-order valence-electron chi connectivity index (χ1n) is 9.05. The van der Waals surface area contributed by atoms with Crippen molar-refractivity contribution >= 4 is 21.6 Å². The van der Waals surface area contributed by atoms with Crippen molar-refractivity contribution in [2.45, 2.75) is 40.2 Å². The van der Waals surface area contributed by atoms with Crippen molar-refractivity contribution in [1.82, 2.24) is 5.32 Å². The molecule has 2 aromatic carbocycles. The van der Waals surface area contributed by atoms with E-state index in [1.165, 1.54) is 9.87 Å². The Balaban J connectivity index is 2.19. The Morgan fingerprint density at radius 2 is 1.63 bits per heavy atom. The highest BCUT2D eigenvalue weighted by atomic mass is 32.2. The van der Waals surface area contributed by atoms with Crippen molar-refractivity contribution in [2.75, 3.05) is 17.1 Å². The molecule has 146 valence electrons. The van der Waals surface area contributed by atoms with Gasteiger partial charge in [-0.25, -0.2) is 8.42 Å². The van der Waals surface area contributed by atoms with E-state index in [-0.39, 0.29) is 18.5 Å². The first-order valence-corrected chi connectivity index (χ1v) is 10.9. The van der Waals surface area contributed by atoms with E-state index in [9.17, 15) is 13.2 Å². The minimum absolute atomic E-state index is 0.206. The number of hydrogen-bond acceptors (Lipinski definition) is 3. The number of amides is 1. The zero-order valence-corrected chi connectivity index (χ0v) is 17.4. The van der Waals surface area contributed by atoms with Crippen LogP contribution < -0.4 is 9.62 Å². The van der Waals surface area contributed by atoms with E-state index < -0.39 is 10.0 Å². The predicted octanol–water partition coefficient (Wildman–Crippen LogP) is 3.51. The third-order valence-corrected chi connectivity index (χ3v) is 5.75. The van der Waals surface area contributed by atoms with E-state index in [0.29, 0.717) is 5.69 Å². The number of aryl methyl sites for hydroxylation is 3. The van der Waals surface area contributed by atoms with Gasteiger partial charge in [0.15, 0.2) is 0 Å². The van der Waals surface area contributed by atoms with Crippen LogP contribution in [0, 0.1) is 13.8 Å². The third kappa shape index (κ3) is 5.32. The van der Waals surface area contributed by atoms with Gasteiger partial charge in [-0.1, -0.05) is 49.4 Å². The minimum Gasteiger partial charge on any atom is -0.348 e. The maximum Gasteiger partial charge on any atom is 0.241 e. The molecule has 0 aromatic heterocycles. The normalized spacial score (nSPS) is 12.5. The summed E-state index contributed by atoms with van der Waals surface area (Å²) in [5.41, 5.74) is 4.41. The lowest BCUT2D eigenvalue weighted by molar-refractivity contribution is -0.120. The molecule has 0 bridgehead atoms. The SMILES string of the molecule is CCc1ccc([C@@H](C)NC(=O)CN(c2c(C)cccc2C)S(C)(=O)=O)cc1. The molecule has 1 amide bonds. The van der Waals surface area contributed by atoms with E-state index in [4.69, 9.17) is 0 Å². The van der Waals surface area contributed by atoms with Gasteiger partial charge in [-0.05, 0) is 49.4 Å². The highest BCUT2D eigenvalue weighted by molar-refractivity contribution is 7.92. The predicted molar refractivity (Wildman–Crippen MR) is 110 cm³/mol. The molecular formula is C21H28N2O3S. The van der Waals surface area contributed by atoms with Crippen LogP contribution in [0.4, 0.5) is 5.69 Å². The Morgan fingerprint density at radius 1 is 1.07 bits per heavy atom. The highest BCUT2D eigenvalue weighted by Crippen LogP contribution is 2.26. The van der Waals surface area contributed by atoms with Gasteiger partial charge in [0.25, 0.3) is 0 Å². The molecule has 0 unspecified atom stereocenters. The molecule has 0 fully saturated rings. The van der Waals surface area contributed by atoms with Crippen LogP contribution in [0.1, 0.15) is 42.1 Å². The first kappa shape index (κ1) is 21.0. The van der Waals surface area contributed by atoms with Gasteiger partial charge >= 0.3 is 0 Å². The molecule has 0 spiro atoms. The Morgan fingerprint density at radius 3 is 2.11 bits per heavy atom. The van der Waals surface area contributed by atoms with Crippen LogP contribution >= 0.6 is 0 Å². The summed E-state index contributed by atoms with van der Waals surface area (Å²) in [6.45, 7) is 7.42. The molecule has 0 heterocycles. The van der Waals surface area contributed by atoms with Crippen molar-refractivity contribution < 1.29 is 13.2 Å². The lowest BCUT2D eigenvalue weighted by Crippen LogP contribution is -2.41. The highest BCUT2D eigenvalue weighted by Gasteiger charge is 2.24. The van der Waals surface area contributed by atoms with Gasteiger partial charge < -0.3 is 5.32 Å². The Bertz CT molecular complexity index is 885. The quantitative estimate of drug-likeness (QED) is 0.789. The second-order valence-electron chi connectivity index (χ2n) is 6.89. The number of hydrogen-bond donors (Lipinski definition) is 1. The maximum absolute atomic E-state index is 12.6. The lowest BCUT2D eigenvalue weighted by Gasteiger charge is -2.26. The summed E-state index contributed by atoms with van der Waals surface area (Å²) in [6, 6.07) is 13.4. The second-order valence-corrected chi connectivity index (χ2v) is 8.80. The van der Waals surface area contributed by atoms with Gasteiger partial charge in [-0.3, -0.25) is 9.10 Å². The van der Waals surface area contributed by atoms with E-state index in [0.717, 1.165) is 29.4 Å². The number of carbonyl (C=O) groups is 1. The zero-order chi connectivity index (χ0) is 20.2. The van der Waals surface area contributed by atoms with E-state index in [2.05, 4.69) is 12.2 Å². The van der Waals surface area contributed by atoms with Crippen molar-refractivity contribution in [1.29, 1.82) is 0 Å². The fourth-order valence-corrected chi connectivity index (χ4v) is 4.08. The van der Waals surface area contributed by atoms with E-state index in [1.54, 1.807) is 0 Å². The van der Waals surface area contributed by atoms with Crippen LogP contribution in [0.2, 0.25) is 0 Å². The fraction of sp³-hybridized carbons (Fsp3) is 0.381. The van der Waals surface area contributed by atoms with Crippen LogP contribution in [0.15, 0.2) is 42.5 Å². The molecule has 5 nitrogen and oxygen atoms in total. The molecule has 1 atom stereocenters. The first-order chi connectivity index (χ1) is 12.6. The molecule has 0 radical (unpaired) electrons. The van der Waals surface area contributed by atoms with Crippen molar-refractivity contribution in [3.05, 3.63) is 64.7 Å². The molecular weight excluding hydrogens is 360 g/mol. The van der Waals surface area contributed by atoms with Crippen LogP contribution in [-0.4, -0.2) is 27.1 Å². The fourth-order valence-electron chi connectivity index (χ4n) is 3.10. The summed E-state index contributed by atoms with van der Waals surface area (Å²) in [5, 5.41) is 2.90. The van der Waals surface area contributed by atoms with Gasteiger partial charge in [0.1, 0.15) is 6.54 Å². The zero-order valence-electron chi connectivity index (χ0n) is 16.6. The average molecular weight is 389 g/mol. The van der Waals surface area contributed by atoms with Gasteiger partial charge in [-0.15, -0.1) is 0 Å². The Kier molecular flexibility index (Phi) is 6.65. The molecule has 0 aliphatic rings. The van der Waals surface area contributed by atoms with Crippen LogP contribution in [0.5, 0.6) is 0 Å². The number of anilines is 1. The third-order valence-electron chi connectivity index (χ3n) is 4.64. The number of carbonyl (C=O) groups excluding carboxylic acids is 1. The maximum atomic E-state index is 12.6. The topological polar surface area (TPSA) is 66.5 Å². The average Bonchev–Trinajstić information content (AvgIpc) is 2.59. The molecule has 2 rings (SSSR count). The molecule has 0 saturated carbocycles. The van der Waals surface area contributed by atoms with Gasteiger partial charge in [0.2, 0.25) is 15.9 Å². The number of para-hydroxylation sites is 1. The molecule has 0 aliphatic heterocycles. The smallest absolute Gasteiger partial charge is 0.241 e. The second kappa shape index (κ2) is 8.57. The standard InChI is InChI=1S/C21H28N2O3S/c1-6-18-10-12-19(13-11-18)17(4)22-20(24)14-23(27(5,25)26)21-15(2)8-7-9-16(21)3/h7-13,17H,6,14H2,1-5H3,(H,22,24)/t17-/m1/s1. The van der Waals surface area contributed by atoms with Gasteiger partial charge in [-0.2, -0.15) is 0 Å². The summed E-state index contributed by atoms with van der Waals surface area (Å²) >= 11 is 0. The Labute approximate surface area is 162 Å². The van der Waals surface area contributed by atoms with Crippen LogP contribution in [0.25, 0.3) is 0 Å². The molecule has 6 heteroatoms. The number of nitrogens with zero attached hydrogens (tertiary/aromatic N) is 1. The summed E-state index contributed by atoms with van der Waals surface area (Å²) < 4.78 is 25.9. The van der Waals surface area contributed by atoms with Crippen molar-refractivity contribution in [2.24, 2.45) is 0 Å². The summed E-state index contributed by atoms with van der Waals surface area (Å²) in [5.74, 6) is -0.338. The van der Waals surface area contributed by atoms with Crippen molar-refractivity contribution in [3.63, 3.8) is 0 Å². The lowest BCUT2D eigenvalue weighted by atomic mass is 10.0. The van der Waals surface area contributed by atoms with Gasteiger partial charge in [0, 0.05) is 0 Å². The monoisotopic (exact) mass is 388 g/mol. The largest absolute Gasteiger partial charge is 0.348 e. The number of rotatable bonds is 7. The number of benzene rings is 2. The number of sulfonamides is 1.